The van der Waals surface area contributed by atoms with Gasteiger partial charge in [-0.2, -0.15) is 5.26 Å². The van der Waals surface area contributed by atoms with Crippen LogP contribution in [-0.4, -0.2) is 9.55 Å². The normalized spacial score (nSPS) is 10.7. The van der Waals surface area contributed by atoms with E-state index in [9.17, 15) is 0 Å². The molecular weight excluding hydrogens is 284 g/mol. The first-order valence-corrected chi connectivity index (χ1v) is 6.94. The number of fused-ring (bicyclic) bond motifs is 1. The van der Waals surface area contributed by atoms with Crippen molar-refractivity contribution in [1.29, 1.82) is 5.26 Å². The van der Waals surface area contributed by atoms with Gasteiger partial charge in [0.15, 0.2) is 0 Å². The highest BCUT2D eigenvalue weighted by molar-refractivity contribution is 6.30. The smallest absolute Gasteiger partial charge is 0.128 e. The highest BCUT2D eigenvalue weighted by Gasteiger charge is 2.14. The number of halogens is 1. The number of nitriles is 1. The second-order valence-corrected chi connectivity index (χ2v) is 5.10. The van der Waals surface area contributed by atoms with E-state index in [0.29, 0.717) is 17.4 Å². The fraction of sp³-hybridized carbons (Fsp3) is 0.125. The van der Waals surface area contributed by atoms with E-state index < -0.39 is 0 Å². The molecule has 0 spiro atoms. The summed E-state index contributed by atoms with van der Waals surface area (Å²) in [6.45, 7) is 0.369. The zero-order chi connectivity index (χ0) is 14.8. The highest BCUT2D eigenvalue weighted by Crippen LogP contribution is 2.26. The molecule has 2 N–H and O–H groups in total. The van der Waals surface area contributed by atoms with Crippen molar-refractivity contribution in [2.75, 3.05) is 0 Å². The maximum Gasteiger partial charge on any atom is 0.128 e. The van der Waals surface area contributed by atoms with Gasteiger partial charge in [0.2, 0.25) is 0 Å². The summed E-state index contributed by atoms with van der Waals surface area (Å²) < 4.78 is 1.98. The minimum Gasteiger partial charge on any atom is -0.326 e. The van der Waals surface area contributed by atoms with Crippen molar-refractivity contribution in [3.8, 4) is 11.8 Å². The van der Waals surface area contributed by atoms with Crippen LogP contribution in [0.25, 0.3) is 16.7 Å². The highest BCUT2D eigenvalue weighted by atomic mass is 35.5. The number of imidazole rings is 1. The van der Waals surface area contributed by atoms with Crippen LogP contribution < -0.4 is 5.73 Å². The fourth-order valence-corrected chi connectivity index (χ4v) is 2.66. The van der Waals surface area contributed by atoms with Crippen molar-refractivity contribution in [2.24, 2.45) is 5.73 Å². The summed E-state index contributed by atoms with van der Waals surface area (Å²) >= 11 is 6.04. The van der Waals surface area contributed by atoms with E-state index in [1.54, 1.807) is 0 Å². The van der Waals surface area contributed by atoms with E-state index in [4.69, 9.17) is 22.6 Å². The topological polar surface area (TPSA) is 67.6 Å². The zero-order valence-corrected chi connectivity index (χ0v) is 12.0. The molecule has 0 amide bonds. The Labute approximate surface area is 127 Å². The SMILES string of the molecule is N#CCc1nc2ccccc2n1-c1ccc(Cl)cc1CN. The van der Waals surface area contributed by atoms with Gasteiger partial charge in [-0.15, -0.1) is 0 Å². The molecule has 1 heterocycles. The molecule has 0 saturated carbocycles. The van der Waals surface area contributed by atoms with Crippen LogP contribution in [0.4, 0.5) is 0 Å². The van der Waals surface area contributed by atoms with Crippen LogP contribution in [0.1, 0.15) is 11.4 Å². The summed E-state index contributed by atoms with van der Waals surface area (Å²) in [7, 11) is 0. The molecule has 0 unspecified atom stereocenters. The average molecular weight is 297 g/mol. The molecule has 5 heteroatoms. The second-order valence-electron chi connectivity index (χ2n) is 4.66. The molecule has 0 bridgehead atoms. The number of benzene rings is 2. The molecule has 1 aromatic heterocycles. The van der Waals surface area contributed by atoms with Gasteiger partial charge in [0, 0.05) is 11.6 Å². The van der Waals surface area contributed by atoms with E-state index >= 15 is 0 Å². The Morgan fingerprint density at radius 2 is 2.05 bits per heavy atom. The summed E-state index contributed by atoms with van der Waals surface area (Å²) in [6, 6.07) is 15.6. The molecule has 0 atom stereocenters. The monoisotopic (exact) mass is 296 g/mol. The minimum absolute atomic E-state index is 0.237. The molecule has 0 fully saturated rings. The Morgan fingerprint density at radius 3 is 2.81 bits per heavy atom. The number of rotatable bonds is 3. The molecule has 0 aliphatic heterocycles. The predicted molar refractivity (Wildman–Crippen MR) is 83.3 cm³/mol. The molecule has 2 aromatic carbocycles. The third kappa shape index (κ3) is 2.38. The van der Waals surface area contributed by atoms with Crippen molar-refractivity contribution in [2.45, 2.75) is 13.0 Å². The van der Waals surface area contributed by atoms with Crippen LogP contribution in [-0.2, 0) is 13.0 Å². The Morgan fingerprint density at radius 1 is 1.24 bits per heavy atom. The number of hydrogen-bond acceptors (Lipinski definition) is 3. The summed E-state index contributed by atoms with van der Waals surface area (Å²) in [5, 5.41) is 9.68. The molecule has 104 valence electrons. The Bertz CT molecular complexity index is 845. The molecular formula is C16H13ClN4. The molecule has 0 aliphatic carbocycles. The fourth-order valence-electron chi connectivity index (χ4n) is 2.47. The molecule has 0 radical (unpaired) electrons. The summed E-state index contributed by atoms with van der Waals surface area (Å²) in [6.07, 6.45) is 0.237. The van der Waals surface area contributed by atoms with Crippen molar-refractivity contribution >= 4 is 22.6 Å². The lowest BCUT2D eigenvalue weighted by Crippen LogP contribution is -2.07. The van der Waals surface area contributed by atoms with E-state index in [0.717, 1.165) is 22.3 Å². The standard InChI is InChI=1S/C16H13ClN4/c17-12-5-6-14(11(9-12)10-19)21-15-4-2-1-3-13(15)20-16(21)7-8-18/h1-6,9H,7,10,19H2. The lowest BCUT2D eigenvalue weighted by atomic mass is 10.1. The van der Waals surface area contributed by atoms with Crippen molar-refractivity contribution in [1.82, 2.24) is 9.55 Å². The molecule has 3 rings (SSSR count). The molecule has 0 aliphatic rings. The Kier molecular flexibility index (Phi) is 3.61. The Hall–Kier alpha value is -2.35. The van der Waals surface area contributed by atoms with Crippen LogP contribution in [0, 0.1) is 11.3 Å². The first kappa shape index (κ1) is 13.6. The van der Waals surface area contributed by atoms with E-state index in [2.05, 4.69) is 11.1 Å². The van der Waals surface area contributed by atoms with Gasteiger partial charge in [-0.3, -0.25) is 4.57 Å². The van der Waals surface area contributed by atoms with E-state index in [-0.39, 0.29) is 6.42 Å². The number of nitrogens with zero attached hydrogens (tertiary/aromatic N) is 3. The summed E-state index contributed by atoms with van der Waals surface area (Å²) in [4.78, 5) is 4.54. The van der Waals surface area contributed by atoms with Crippen LogP contribution in [0.3, 0.4) is 0 Å². The quantitative estimate of drug-likeness (QED) is 0.807. The third-order valence-electron chi connectivity index (χ3n) is 3.37. The van der Waals surface area contributed by atoms with Crippen molar-refractivity contribution < 1.29 is 0 Å². The maximum atomic E-state index is 9.04. The molecule has 0 saturated heterocycles. The van der Waals surface area contributed by atoms with Crippen molar-refractivity contribution in [3.05, 3.63) is 58.9 Å². The largest absolute Gasteiger partial charge is 0.326 e. The van der Waals surface area contributed by atoms with Crippen LogP contribution >= 0.6 is 11.6 Å². The van der Waals surface area contributed by atoms with Crippen LogP contribution in [0.5, 0.6) is 0 Å². The average Bonchev–Trinajstić information content (AvgIpc) is 2.85. The van der Waals surface area contributed by atoms with E-state index in [1.807, 2.05) is 47.0 Å². The Balaban J connectivity index is 2.33. The van der Waals surface area contributed by atoms with Crippen LogP contribution in [0.2, 0.25) is 5.02 Å². The van der Waals surface area contributed by atoms with E-state index in [1.165, 1.54) is 0 Å². The van der Waals surface area contributed by atoms with Gasteiger partial charge in [-0.1, -0.05) is 23.7 Å². The lowest BCUT2D eigenvalue weighted by Gasteiger charge is -2.12. The second kappa shape index (κ2) is 5.57. The van der Waals surface area contributed by atoms with Gasteiger partial charge >= 0.3 is 0 Å². The maximum absolute atomic E-state index is 9.04. The lowest BCUT2D eigenvalue weighted by molar-refractivity contribution is 0.927. The van der Waals surface area contributed by atoms with Crippen LogP contribution in [0.15, 0.2) is 42.5 Å². The number of para-hydroxylation sites is 2. The first-order chi connectivity index (χ1) is 10.2. The van der Waals surface area contributed by atoms with Crippen molar-refractivity contribution in [3.63, 3.8) is 0 Å². The molecule has 21 heavy (non-hydrogen) atoms. The van der Waals surface area contributed by atoms with Gasteiger partial charge < -0.3 is 5.73 Å². The number of hydrogen-bond donors (Lipinski definition) is 1. The third-order valence-corrected chi connectivity index (χ3v) is 3.60. The van der Waals surface area contributed by atoms with Gasteiger partial charge in [-0.25, -0.2) is 4.98 Å². The van der Waals surface area contributed by atoms with Gasteiger partial charge in [-0.05, 0) is 35.9 Å². The molecule has 3 aromatic rings. The number of nitrogens with two attached hydrogens (primary N) is 1. The summed E-state index contributed by atoms with van der Waals surface area (Å²) in [5.74, 6) is 0.704. The summed E-state index contributed by atoms with van der Waals surface area (Å²) in [5.41, 5.74) is 9.49. The minimum atomic E-state index is 0.237. The predicted octanol–water partition coefficient (Wildman–Crippen LogP) is 3.20. The van der Waals surface area contributed by atoms with Gasteiger partial charge in [0.1, 0.15) is 5.82 Å². The zero-order valence-electron chi connectivity index (χ0n) is 11.3. The molecule has 4 nitrogen and oxygen atoms in total. The number of aromatic nitrogens is 2. The van der Waals surface area contributed by atoms with Gasteiger partial charge in [0.25, 0.3) is 0 Å². The van der Waals surface area contributed by atoms with Gasteiger partial charge in [0.05, 0.1) is 29.2 Å². The first-order valence-electron chi connectivity index (χ1n) is 6.56.